The number of benzene rings is 2. The lowest BCUT2D eigenvalue weighted by Crippen LogP contribution is -2.30. The van der Waals surface area contributed by atoms with E-state index in [2.05, 4.69) is 14.9 Å². The lowest BCUT2D eigenvalue weighted by atomic mass is 10.2. The zero-order valence-corrected chi connectivity index (χ0v) is 19.5. The van der Waals surface area contributed by atoms with Crippen molar-refractivity contribution in [1.29, 1.82) is 0 Å². The molecule has 1 unspecified atom stereocenters. The van der Waals surface area contributed by atoms with Gasteiger partial charge in [0.15, 0.2) is 11.0 Å². The number of nitro groups is 1. The van der Waals surface area contributed by atoms with E-state index in [0.717, 1.165) is 12.0 Å². The van der Waals surface area contributed by atoms with E-state index in [0.29, 0.717) is 28.8 Å². The molecule has 0 bridgehead atoms. The first-order valence-corrected chi connectivity index (χ1v) is 12.8. The van der Waals surface area contributed by atoms with Crippen molar-refractivity contribution in [3.8, 4) is 5.69 Å². The van der Waals surface area contributed by atoms with Gasteiger partial charge >= 0.3 is 0 Å². The Bertz CT molecular complexity index is 1150. The summed E-state index contributed by atoms with van der Waals surface area (Å²) in [5.74, 6) is 1.09. The molecule has 1 heterocycles. The van der Waals surface area contributed by atoms with E-state index in [1.54, 1.807) is 23.6 Å². The fourth-order valence-corrected chi connectivity index (χ4v) is 5.40. The molecule has 0 aliphatic rings. The molecule has 11 heteroatoms. The van der Waals surface area contributed by atoms with E-state index in [1.165, 1.54) is 23.9 Å². The van der Waals surface area contributed by atoms with E-state index < -0.39 is 21.0 Å². The predicted molar refractivity (Wildman–Crippen MR) is 124 cm³/mol. The van der Waals surface area contributed by atoms with E-state index in [-0.39, 0.29) is 11.4 Å². The van der Waals surface area contributed by atoms with Crippen LogP contribution in [-0.2, 0) is 15.8 Å². The number of nitrogens with zero attached hydrogens (tertiary/aromatic N) is 4. The topological polar surface area (TPSA) is 120 Å². The molecule has 3 rings (SSSR count). The Labute approximate surface area is 191 Å². The molecule has 9 nitrogen and oxygen atoms in total. The molecular weight excluding hydrogens is 450 g/mol. The molecule has 2 aromatic carbocycles. The van der Waals surface area contributed by atoms with Crippen LogP contribution in [0.1, 0.15) is 44.1 Å². The van der Waals surface area contributed by atoms with Crippen molar-refractivity contribution in [2.75, 3.05) is 5.75 Å². The van der Waals surface area contributed by atoms with Crippen LogP contribution >= 0.6 is 11.8 Å². The summed E-state index contributed by atoms with van der Waals surface area (Å²) in [5.41, 5.74) is 1.69. The number of nitro benzene ring substituents is 1. The van der Waals surface area contributed by atoms with Gasteiger partial charge in [-0.05, 0) is 31.0 Å². The van der Waals surface area contributed by atoms with Gasteiger partial charge < -0.3 is 0 Å². The third-order valence-electron chi connectivity index (χ3n) is 4.70. The molecule has 3 aromatic rings. The minimum Gasteiger partial charge on any atom is -0.273 e. The highest BCUT2D eigenvalue weighted by atomic mass is 32.2. The van der Waals surface area contributed by atoms with Crippen LogP contribution in [0.3, 0.4) is 0 Å². The molecule has 170 valence electrons. The fraction of sp³-hybridized carbons (Fsp3) is 0.333. The van der Waals surface area contributed by atoms with E-state index >= 15 is 0 Å². The third kappa shape index (κ3) is 6.15. The van der Waals surface area contributed by atoms with Gasteiger partial charge in [0.25, 0.3) is 5.69 Å². The van der Waals surface area contributed by atoms with Crippen LogP contribution in [0.4, 0.5) is 5.69 Å². The van der Waals surface area contributed by atoms with Crippen LogP contribution in [0.5, 0.6) is 0 Å². The first kappa shape index (κ1) is 23.9. The summed E-state index contributed by atoms with van der Waals surface area (Å²) in [6.07, 6.45) is 1.34. The molecule has 0 spiro atoms. The van der Waals surface area contributed by atoms with Gasteiger partial charge in [0.2, 0.25) is 10.0 Å². The highest BCUT2D eigenvalue weighted by Gasteiger charge is 2.23. The fourth-order valence-electron chi connectivity index (χ4n) is 3.06. The smallest absolute Gasteiger partial charge is 0.269 e. The number of hydrogen-bond donors (Lipinski definition) is 1. The summed E-state index contributed by atoms with van der Waals surface area (Å²) < 4.78 is 29.2. The van der Waals surface area contributed by atoms with Crippen LogP contribution in [0.15, 0.2) is 59.8 Å². The monoisotopic (exact) mass is 475 g/mol. The van der Waals surface area contributed by atoms with Crippen molar-refractivity contribution in [2.24, 2.45) is 0 Å². The molecule has 0 amide bonds. The Balaban J connectivity index is 1.93. The molecule has 0 saturated carbocycles. The Morgan fingerprint density at radius 2 is 1.81 bits per heavy atom. The summed E-state index contributed by atoms with van der Waals surface area (Å²) in [5, 5.41) is 20.1. The second-order valence-corrected chi connectivity index (χ2v) is 10.1. The van der Waals surface area contributed by atoms with Gasteiger partial charge in [-0.15, -0.1) is 10.2 Å². The lowest BCUT2D eigenvalue weighted by Gasteiger charge is -2.16. The average Bonchev–Trinajstić information content (AvgIpc) is 3.21. The molecule has 1 N–H and O–H groups in total. The molecule has 0 aliphatic carbocycles. The molecule has 1 atom stereocenters. The Morgan fingerprint density at radius 3 is 2.44 bits per heavy atom. The lowest BCUT2D eigenvalue weighted by molar-refractivity contribution is -0.384. The van der Waals surface area contributed by atoms with Gasteiger partial charge in [0.1, 0.15) is 0 Å². The zero-order chi connectivity index (χ0) is 23.1. The standard InChI is InChI=1S/C21H25N5O4S2/c1-3-4-14-32(29,30)24-16(2)20-22-23-21(31-15-17-8-6-5-7-9-17)25(20)18-10-12-19(13-11-18)26(27)28/h5-13,16,24H,3-4,14-15H2,1-2H3. The maximum atomic E-state index is 12.4. The van der Waals surface area contributed by atoms with Crippen LogP contribution in [-0.4, -0.2) is 33.9 Å². The van der Waals surface area contributed by atoms with Crippen molar-refractivity contribution in [2.45, 2.75) is 43.6 Å². The number of non-ortho nitro benzene ring substituents is 1. The molecule has 1 aromatic heterocycles. The maximum absolute atomic E-state index is 12.4. The minimum absolute atomic E-state index is 0.0322. The first-order valence-electron chi connectivity index (χ1n) is 10.2. The van der Waals surface area contributed by atoms with Crippen LogP contribution < -0.4 is 4.72 Å². The second-order valence-electron chi connectivity index (χ2n) is 7.24. The van der Waals surface area contributed by atoms with Crippen LogP contribution in [0.2, 0.25) is 0 Å². The van der Waals surface area contributed by atoms with Gasteiger partial charge in [-0.3, -0.25) is 14.7 Å². The van der Waals surface area contributed by atoms with E-state index in [1.807, 2.05) is 37.3 Å². The number of unbranched alkanes of at least 4 members (excludes halogenated alkanes) is 1. The first-order chi connectivity index (χ1) is 15.3. The van der Waals surface area contributed by atoms with Crippen molar-refractivity contribution in [3.63, 3.8) is 0 Å². The molecule has 0 saturated heterocycles. The van der Waals surface area contributed by atoms with E-state index in [4.69, 9.17) is 0 Å². The molecule has 0 radical (unpaired) electrons. The third-order valence-corrected chi connectivity index (χ3v) is 7.24. The predicted octanol–water partition coefficient (Wildman–Crippen LogP) is 4.25. The second kappa shape index (κ2) is 10.7. The van der Waals surface area contributed by atoms with Crippen LogP contribution in [0, 0.1) is 10.1 Å². The summed E-state index contributed by atoms with van der Waals surface area (Å²) in [6.45, 7) is 3.64. The maximum Gasteiger partial charge on any atom is 0.269 e. The van der Waals surface area contributed by atoms with Gasteiger partial charge in [0.05, 0.1) is 16.7 Å². The highest BCUT2D eigenvalue weighted by Crippen LogP contribution is 2.28. The number of thioether (sulfide) groups is 1. The number of hydrogen-bond acceptors (Lipinski definition) is 7. The number of rotatable bonds is 11. The number of sulfonamides is 1. The van der Waals surface area contributed by atoms with Crippen molar-refractivity contribution >= 4 is 27.5 Å². The Hall–Kier alpha value is -2.76. The Morgan fingerprint density at radius 1 is 1.12 bits per heavy atom. The summed E-state index contributed by atoms with van der Waals surface area (Å²) in [4.78, 5) is 10.6. The summed E-state index contributed by atoms with van der Waals surface area (Å²) in [6, 6.07) is 15.2. The number of nitrogens with one attached hydrogen (secondary N) is 1. The van der Waals surface area contributed by atoms with Crippen molar-refractivity contribution in [1.82, 2.24) is 19.5 Å². The molecular formula is C21H25N5O4S2. The van der Waals surface area contributed by atoms with Gasteiger partial charge in [-0.1, -0.05) is 55.4 Å². The van der Waals surface area contributed by atoms with Crippen molar-refractivity contribution < 1.29 is 13.3 Å². The summed E-state index contributed by atoms with van der Waals surface area (Å²) in [7, 11) is -3.48. The van der Waals surface area contributed by atoms with Crippen LogP contribution in [0.25, 0.3) is 5.69 Å². The average molecular weight is 476 g/mol. The normalized spacial score (nSPS) is 12.6. The van der Waals surface area contributed by atoms with Gasteiger partial charge in [0, 0.05) is 23.6 Å². The molecule has 0 fully saturated rings. The van der Waals surface area contributed by atoms with E-state index in [9.17, 15) is 18.5 Å². The van der Waals surface area contributed by atoms with Gasteiger partial charge in [-0.25, -0.2) is 13.1 Å². The zero-order valence-electron chi connectivity index (χ0n) is 17.8. The van der Waals surface area contributed by atoms with Gasteiger partial charge in [-0.2, -0.15) is 0 Å². The highest BCUT2D eigenvalue weighted by molar-refractivity contribution is 7.98. The SMILES string of the molecule is CCCCS(=O)(=O)NC(C)c1nnc(SCc2ccccc2)n1-c1ccc([N+](=O)[O-])cc1. The largest absolute Gasteiger partial charge is 0.273 e. The molecule has 32 heavy (non-hydrogen) atoms. The quantitative estimate of drug-likeness (QED) is 0.250. The van der Waals surface area contributed by atoms with Crippen molar-refractivity contribution in [3.05, 3.63) is 76.1 Å². The summed E-state index contributed by atoms with van der Waals surface area (Å²) >= 11 is 1.45. The number of aromatic nitrogens is 3. The minimum atomic E-state index is -3.48. The molecule has 0 aliphatic heterocycles. The Kier molecular flexibility index (Phi) is 7.99.